The number of halogens is 1. The topological polar surface area (TPSA) is 36.4 Å². The first kappa shape index (κ1) is 22.5. The monoisotopic (exact) mass is 463 g/mol. The van der Waals surface area contributed by atoms with Crippen LogP contribution in [0.5, 0.6) is 0 Å². The Morgan fingerprint density at radius 2 is 1.62 bits per heavy atom. The molecule has 3 aromatic carbocycles. The van der Waals surface area contributed by atoms with Gasteiger partial charge in [0.05, 0.1) is 21.7 Å². The predicted molar refractivity (Wildman–Crippen MR) is 136 cm³/mol. The fourth-order valence-electron chi connectivity index (χ4n) is 3.55. The molecule has 1 aromatic heterocycles. The van der Waals surface area contributed by atoms with E-state index in [2.05, 4.69) is 29.2 Å². The number of aromatic nitrogens is 1. The molecule has 4 nitrogen and oxygen atoms in total. The third-order valence-electron chi connectivity index (χ3n) is 5.41. The van der Waals surface area contributed by atoms with E-state index in [1.165, 1.54) is 16.9 Å². The SMILES string of the molecule is Cc1ccc(Cl)c2sc(N(CCN(C)C)C(=O)Cc3ccc(-c4ccccc4)cc3)nc12. The fourth-order valence-corrected chi connectivity index (χ4v) is 4.91. The molecule has 4 aromatic rings. The van der Waals surface area contributed by atoms with Crippen molar-refractivity contribution in [1.82, 2.24) is 9.88 Å². The van der Waals surface area contributed by atoms with Gasteiger partial charge in [-0.05, 0) is 49.3 Å². The highest BCUT2D eigenvalue weighted by Crippen LogP contribution is 2.35. The van der Waals surface area contributed by atoms with E-state index in [4.69, 9.17) is 16.6 Å². The normalized spacial score (nSPS) is 11.3. The maximum Gasteiger partial charge on any atom is 0.233 e. The summed E-state index contributed by atoms with van der Waals surface area (Å²) in [7, 11) is 4.01. The number of carbonyl (C=O) groups is 1. The maximum absolute atomic E-state index is 13.4. The summed E-state index contributed by atoms with van der Waals surface area (Å²) in [5.74, 6) is 0.0344. The highest BCUT2D eigenvalue weighted by atomic mass is 35.5. The summed E-state index contributed by atoms with van der Waals surface area (Å²) in [4.78, 5) is 22.0. The molecule has 164 valence electrons. The number of hydrogen-bond acceptors (Lipinski definition) is 4. The summed E-state index contributed by atoms with van der Waals surface area (Å²) >= 11 is 7.89. The number of anilines is 1. The summed E-state index contributed by atoms with van der Waals surface area (Å²) in [6.45, 7) is 3.34. The van der Waals surface area contributed by atoms with E-state index in [0.29, 0.717) is 23.1 Å². The Hall–Kier alpha value is -2.73. The lowest BCUT2D eigenvalue weighted by molar-refractivity contribution is -0.118. The number of aryl methyl sites for hydroxylation is 1. The Morgan fingerprint density at radius 3 is 2.28 bits per heavy atom. The second-order valence-electron chi connectivity index (χ2n) is 8.13. The third-order valence-corrected chi connectivity index (χ3v) is 6.94. The van der Waals surface area contributed by atoms with E-state index in [1.807, 2.05) is 63.5 Å². The average molecular weight is 464 g/mol. The number of likely N-dealkylation sites (N-methyl/N-ethyl adjacent to an activating group) is 1. The lowest BCUT2D eigenvalue weighted by Gasteiger charge is -2.22. The van der Waals surface area contributed by atoms with Gasteiger partial charge in [-0.1, -0.05) is 83.6 Å². The molecule has 6 heteroatoms. The average Bonchev–Trinajstić information content (AvgIpc) is 3.24. The summed E-state index contributed by atoms with van der Waals surface area (Å²) < 4.78 is 0.927. The zero-order valence-corrected chi connectivity index (χ0v) is 20.1. The Balaban J connectivity index is 1.58. The number of carbonyl (C=O) groups excluding carboxylic acids is 1. The highest BCUT2D eigenvalue weighted by molar-refractivity contribution is 7.23. The fraction of sp³-hybridized carbons (Fsp3) is 0.231. The van der Waals surface area contributed by atoms with Gasteiger partial charge in [0.2, 0.25) is 5.91 Å². The van der Waals surface area contributed by atoms with Gasteiger partial charge < -0.3 is 4.90 Å². The maximum atomic E-state index is 13.4. The van der Waals surface area contributed by atoms with Crippen LogP contribution in [0.4, 0.5) is 5.13 Å². The zero-order chi connectivity index (χ0) is 22.7. The number of rotatable bonds is 7. The van der Waals surface area contributed by atoms with Crippen molar-refractivity contribution in [2.24, 2.45) is 0 Å². The van der Waals surface area contributed by atoms with Crippen molar-refractivity contribution in [3.8, 4) is 11.1 Å². The van der Waals surface area contributed by atoms with Crippen LogP contribution in [0.3, 0.4) is 0 Å². The second kappa shape index (κ2) is 9.82. The minimum Gasteiger partial charge on any atom is -0.308 e. The molecule has 0 radical (unpaired) electrons. The molecule has 1 amide bonds. The minimum absolute atomic E-state index is 0.0344. The van der Waals surface area contributed by atoms with Gasteiger partial charge in [0.15, 0.2) is 5.13 Å². The molecule has 32 heavy (non-hydrogen) atoms. The van der Waals surface area contributed by atoms with Crippen molar-refractivity contribution < 1.29 is 4.79 Å². The number of nitrogens with zero attached hydrogens (tertiary/aromatic N) is 3. The number of benzene rings is 3. The van der Waals surface area contributed by atoms with Crippen molar-refractivity contribution in [2.45, 2.75) is 13.3 Å². The second-order valence-corrected chi connectivity index (χ2v) is 9.51. The lowest BCUT2D eigenvalue weighted by Crippen LogP contribution is -2.37. The highest BCUT2D eigenvalue weighted by Gasteiger charge is 2.21. The van der Waals surface area contributed by atoms with Crippen molar-refractivity contribution >= 4 is 44.2 Å². The molecule has 0 fully saturated rings. The Morgan fingerprint density at radius 1 is 0.938 bits per heavy atom. The van der Waals surface area contributed by atoms with E-state index in [0.717, 1.165) is 33.5 Å². The molecule has 4 rings (SSSR count). The van der Waals surface area contributed by atoms with Crippen molar-refractivity contribution in [3.63, 3.8) is 0 Å². The summed E-state index contributed by atoms with van der Waals surface area (Å²) in [5.41, 5.74) is 5.22. The number of fused-ring (bicyclic) bond motifs is 1. The molecule has 0 aliphatic heterocycles. The van der Waals surface area contributed by atoms with Gasteiger partial charge in [-0.2, -0.15) is 0 Å². The van der Waals surface area contributed by atoms with E-state index in [9.17, 15) is 4.79 Å². The Bertz CT molecular complexity index is 1180. The van der Waals surface area contributed by atoms with Gasteiger partial charge >= 0.3 is 0 Å². The van der Waals surface area contributed by atoms with Crippen LogP contribution in [-0.4, -0.2) is 43.0 Å². The first-order valence-electron chi connectivity index (χ1n) is 10.6. The quantitative estimate of drug-likeness (QED) is 0.334. The van der Waals surface area contributed by atoms with Crippen LogP contribution in [0.1, 0.15) is 11.1 Å². The molecule has 0 aliphatic rings. The third kappa shape index (κ3) is 5.01. The first-order chi connectivity index (χ1) is 15.4. The smallest absolute Gasteiger partial charge is 0.233 e. The van der Waals surface area contributed by atoms with E-state index >= 15 is 0 Å². The molecule has 0 saturated carbocycles. The van der Waals surface area contributed by atoms with Crippen LogP contribution in [0.15, 0.2) is 66.7 Å². The number of thiazole rings is 1. The predicted octanol–water partition coefficient (Wildman–Crippen LogP) is 6.06. The van der Waals surface area contributed by atoms with E-state index in [1.54, 1.807) is 4.90 Å². The van der Waals surface area contributed by atoms with Crippen molar-refractivity contribution in [3.05, 3.63) is 82.9 Å². The lowest BCUT2D eigenvalue weighted by atomic mass is 10.0. The van der Waals surface area contributed by atoms with Gasteiger partial charge in [0.1, 0.15) is 0 Å². The van der Waals surface area contributed by atoms with Gasteiger partial charge in [-0.3, -0.25) is 9.69 Å². The van der Waals surface area contributed by atoms with Crippen LogP contribution in [0, 0.1) is 6.92 Å². The van der Waals surface area contributed by atoms with Crippen LogP contribution in [0.25, 0.3) is 21.3 Å². The summed E-state index contributed by atoms with van der Waals surface area (Å²) in [6.07, 6.45) is 0.325. The zero-order valence-electron chi connectivity index (χ0n) is 18.5. The van der Waals surface area contributed by atoms with Crippen LogP contribution in [-0.2, 0) is 11.2 Å². The van der Waals surface area contributed by atoms with Gasteiger partial charge in [0, 0.05) is 13.1 Å². The minimum atomic E-state index is 0.0344. The Labute approximate surface area is 198 Å². The van der Waals surface area contributed by atoms with Gasteiger partial charge in [0.25, 0.3) is 0 Å². The molecular weight excluding hydrogens is 438 g/mol. The van der Waals surface area contributed by atoms with Crippen molar-refractivity contribution in [2.75, 3.05) is 32.1 Å². The molecule has 0 bridgehead atoms. The first-order valence-corrected chi connectivity index (χ1v) is 11.8. The molecule has 1 heterocycles. The molecule has 0 atom stereocenters. The van der Waals surface area contributed by atoms with Crippen LogP contribution >= 0.6 is 22.9 Å². The Kier molecular flexibility index (Phi) is 6.89. The summed E-state index contributed by atoms with van der Waals surface area (Å²) in [6, 6.07) is 22.3. The van der Waals surface area contributed by atoms with E-state index in [-0.39, 0.29) is 5.91 Å². The van der Waals surface area contributed by atoms with Gasteiger partial charge in [-0.15, -0.1) is 0 Å². The molecule has 0 unspecified atom stereocenters. The van der Waals surface area contributed by atoms with Crippen molar-refractivity contribution in [1.29, 1.82) is 0 Å². The molecule has 0 saturated heterocycles. The van der Waals surface area contributed by atoms with Crippen LogP contribution in [0.2, 0.25) is 5.02 Å². The largest absolute Gasteiger partial charge is 0.308 e. The van der Waals surface area contributed by atoms with Gasteiger partial charge in [-0.25, -0.2) is 4.98 Å². The number of amides is 1. The molecule has 0 aliphatic carbocycles. The molecule has 0 spiro atoms. The summed E-state index contributed by atoms with van der Waals surface area (Å²) in [5, 5.41) is 1.37. The standard InChI is InChI=1S/C26H26ClN3OS/c1-18-9-14-22(27)25-24(18)28-26(32-25)30(16-15-29(2)3)23(31)17-19-10-12-21(13-11-19)20-7-5-4-6-8-20/h4-14H,15-17H2,1-3H3. The molecule has 0 N–H and O–H groups in total. The van der Waals surface area contributed by atoms with E-state index < -0.39 is 0 Å². The van der Waals surface area contributed by atoms with Crippen LogP contribution < -0.4 is 4.90 Å². The molecular formula is C26H26ClN3OS. The number of hydrogen-bond donors (Lipinski definition) is 0.